The minimum Gasteiger partial charge on any atom is -0.481 e. The van der Waals surface area contributed by atoms with Crippen LogP contribution in [0.25, 0.3) is 11.3 Å². The quantitative estimate of drug-likeness (QED) is 0.118. The Morgan fingerprint density at radius 3 is 2.17 bits per heavy atom. The molecule has 4 aromatic rings. The van der Waals surface area contributed by atoms with Crippen molar-refractivity contribution >= 4 is 39.3 Å². The SMILES string of the molecule is CCCC(CCC)C(=O)O.CS(=O)(=O)O.Cc1ccc(NC(=O)c2ccc(CN3CCN(C)CC3)cc2)cc1Nc1nccc(-c2cccnc2)n1. The average molecular weight is 734 g/mol. The van der Waals surface area contributed by atoms with E-state index in [4.69, 9.17) is 9.66 Å². The number of hydrogen-bond donors (Lipinski definition) is 4. The fourth-order valence-electron chi connectivity index (χ4n) is 5.37. The van der Waals surface area contributed by atoms with Gasteiger partial charge in [-0.1, -0.05) is 44.9 Å². The molecule has 0 spiro atoms. The molecule has 0 bridgehead atoms. The number of carboxylic acids is 1. The zero-order valence-electron chi connectivity index (χ0n) is 30.6. The number of rotatable bonds is 12. The molecule has 2 aromatic carbocycles. The molecule has 0 unspecified atom stereocenters. The first kappa shape index (κ1) is 41.7. The lowest BCUT2D eigenvalue weighted by molar-refractivity contribution is -0.142. The Kier molecular flexibility index (Phi) is 16.8. The smallest absolute Gasteiger partial charge is 0.306 e. The first-order valence-electron chi connectivity index (χ1n) is 17.3. The van der Waals surface area contributed by atoms with E-state index in [-0.39, 0.29) is 11.8 Å². The lowest BCUT2D eigenvalue weighted by Crippen LogP contribution is -2.43. The standard InChI is InChI=1S/C29H31N7O.C8H16O2.CH4O3S/c1-21-5-10-25(18-27(21)34-29-31-13-11-26(33-29)24-4-3-12-30-19-24)32-28(37)23-8-6-22(7-9-23)20-36-16-14-35(2)15-17-36;1-3-5-7(6-4-2)8(9)10;1-5(2,3)4/h3-13,18-19H,14-17,20H2,1-2H3,(H,32,37)(H,31,33,34);7H,3-6H2,1-2H3,(H,9,10);1H3,(H,2,3,4). The van der Waals surface area contributed by atoms with Gasteiger partial charge in [-0.3, -0.25) is 24.0 Å². The molecule has 0 saturated carbocycles. The number of nitrogens with zero attached hydrogens (tertiary/aromatic N) is 5. The predicted octanol–water partition coefficient (Wildman–Crippen LogP) is 6.38. The van der Waals surface area contributed by atoms with Crippen molar-refractivity contribution < 1.29 is 27.7 Å². The lowest BCUT2D eigenvalue weighted by atomic mass is 9.99. The summed E-state index contributed by atoms with van der Waals surface area (Å²) < 4.78 is 25.9. The van der Waals surface area contributed by atoms with Gasteiger partial charge in [-0.05, 0) is 80.4 Å². The molecule has 52 heavy (non-hydrogen) atoms. The van der Waals surface area contributed by atoms with Gasteiger partial charge in [0.15, 0.2) is 0 Å². The van der Waals surface area contributed by atoms with Crippen molar-refractivity contribution in [3.05, 3.63) is 95.9 Å². The van der Waals surface area contributed by atoms with E-state index in [1.54, 1.807) is 18.6 Å². The van der Waals surface area contributed by atoms with Crippen molar-refractivity contribution in [1.82, 2.24) is 24.8 Å². The molecule has 1 saturated heterocycles. The lowest BCUT2D eigenvalue weighted by Gasteiger charge is -2.32. The molecule has 2 aromatic heterocycles. The fourth-order valence-corrected chi connectivity index (χ4v) is 5.37. The second-order valence-electron chi connectivity index (χ2n) is 12.7. The van der Waals surface area contributed by atoms with Crippen LogP contribution in [0.2, 0.25) is 0 Å². The van der Waals surface area contributed by atoms with Gasteiger partial charge in [-0.2, -0.15) is 8.42 Å². The molecular weight excluding hydrogens is 683 g/mol. The Labute approximate surface area is 307 Å². The Balaban J connectivity index is 0.000000409. The molecule has 0 aliphatic carbocycles. The highest BCUT2D eigenvalue weighted by molar-refractivity contribution is 7.85. The zero-order valence-corrected chi connectivity index (χ0v) is 31.4. The third-order valence-corrected chi connectivity index (χ3v) is 8.20. The van der Waals surface area contributed by atoms with E-state index < -0.39 is 16.1 Å². The van der Waals surface area contributed by atoms with E-state index in [1.165, 1.54) is 5.56 Å². The van der Waals surface area contributed by atoms with Crippen molar-refractivity contribution in [2.24, 2.45) is 5.92 Å². The van der Waals surface area contributed by atoms with Crippen LogP contribution in [0.1, 0.15) is 61.0 Å². The predicted molar refractivity (Wildman–Crippen MR) is 205 cm³/mol. The number of piperazine rings is 1. The Bertz CT molecular complexity index is 1800. The summed E-state index contributed by atoms with van der Waals surface area (Å²) in [6, 6.07) is 19.3. The van der Waals surface area contributed by atoms with Crippen LogP contribution in [-0.4, -0.2) is 94.2 Å². The van der Waals surface area contributed by atoms with E-state index in [0.717, 1.165) is 80.9 Å². The first-order valence-corrected chi connectivity index (χ1v) is 19.2. The molecule has 0 atom stereocenters. The maximum Gasteiger partial charge on any atom is 0.306 e. The maximum atomic E-state index is 12.9. The summed E-state index contributed by atoms with van der Waals surface area (Å²) in [4.78, 5) is 41.3. The van der Waals surface area contributed by atoms with Crippen LogP contribution in [0.15, 0.2) is 79.3 Å². The van der Waals surface area contributed by atoms with E-state index in [2.05, 4.69) is 42.4 Å². The molecule has 1 fully saturated rings. The third-order valence-electron chi connectivity index (χ3n) is 8.20. The summed E-state index contributed by atoms with van der Waals surface area (Å²) in [5, 5.41) is 14.9. The van der Waals surface area contributed by atoms with Crippen LogP contribution in [-0.2, 0) is 21.5 Å². The number of likely N-dealkylation sites (N-methyl/N-ethyl adjacent to an activating group) is 1. The number of carbonyl (C=O) groups is 2. The van der Waals surface area contributed by atoms with Gasteiger partial charge in [-0.25, -0.2) is 9.97 Å². The van der Waals surface area contributed by atoms with Gasteiger partial charge in [0.05, 0.1) is 17.9 Å². The normalized spacial score (nSPS) is 13.3. The van der Waals surface area contributed by atoms with Crippen LogP contribution in [0, 0.1) is 12.8 Å². The van der Waals surface area contributed by atoms with Gasteiger partial charge in [0.1, 0.15) is 0 Å². The summed E-state index contributed by atoms with van der Waals surface area (Å²) in [5.41, 5.74) is 6.08. The zero-order chi connectivity index (χ0) is 38.1. The molecule has 1 amide bonds. The van der Waals surface area contributed by atoms with Gasteiger partial charge < -0.3 is 20.6 Å². The molecule has 1 aliphatic heterocycles. The molecule has 14 heteroatoms. The maximum absolute atomic E-state index is 12.9. The van der Waals surface area contributed by atoms with Crippen LogP contribution in [0.5, 0.6) is 0 Å². The van der Waals surface area contributed by atoms with Gasteiger partial charge in [0, 0.05) is 73.8 Å². The summed E-state index contributed by atoms with van der Waals surface area (Å²) in [7, 11) is -1.51. The van der Waals surface area contributed by atoms with Crippen LogP contribution >= 0.6 is 0 Å². The van der Waals surface area contributed by atoms with Gasteiger partial charge >= 0.3 is 5.97 Å². The van der Waals surface area contributed by atoms with Crippen LogP contribution < -0.4 is 10.6 Å². The number of carbonyl (C=O) groups excluding carboxylic acids is 1. The highest BCUT2D eigenvalue weighted by Gasteiger charge is 2.15. The number of aryl methyl sites for hydroxylation is 1. The minimum atomic E-state index is -3.67. The topological polar surface area (TPSA) is 178 Å². The molecule has 5 rings (SSSR count). The highest BCUT2D eigenvalue weighted by Crippen LogP contribution is 2.25. The monoisotopic (exact) mass is 733 g/mol. The van der Waals surface area contributed by atoms with Crippen molar-refractivity contribution in [2.75, 3.05) is 50.1 Å². The average Bonchev–Trinajstić information content (AvgIpc) is 3.11. The molecule has 0 radical (unpaired) electrons. The second kappa shape index (κ2) is 20.9. The number of pyridine rings is 1. The highest BCUT2D eigenvalue weighted by atomic mass is 32.2. The molecule has 3 heterocycles. The Hall–Kier alpha value is -4.76. The number of amides is 1. The largest absolute Gasteiger partial charge is 0.481 e. The number of hydrogen-bond acceptors (Lipinski definition) is 10. The third kappa shape index (κ3) is 15.2. The summed E-state index contributed by atoms with van der Waals surface area (Å²) in [6.07, 6.45) is 9.52. The number of aromatic nitrogens is 3. The fraction of sp³-hybridized carbons (Fsp3) is 0.395. The van der Waals surface area contributed by atoms with Gasteiger partial charge in [-0.15, -0.1) is 0 Å². The Morgan fingerprint density at radius 2 is 1.60 bits per heavy atom. The summed E-state index contributed by atoms with van der Waals surface area (Å²) >= 11 is 0. The van der Waals surface area contributed by atoms with Gasteiger partial charge in [0.2, 0.25) is 5.95 Å². The van der Waals surface area contributed by atoms with E-state index in [1.807, 2.05) is 81.4 Å². The van der Waals surface area contributed by atoms with E-state index >= 15 is 0 Å². The second-order valence-corrected chi connectivity index (χ2v) is 14.2. The number of anilines is 3. The van der Waals surface area contributed by atoms with Crippen molar-refractivity contribution in [2.45, 2.75) is 53.0 Å². The molecule has 1 aliphatic rings. The molecule has 4 N–H and O–H groups in total. The van der Waals surface area contributed by atoms with Crippen LogP contribution in [0.3, 0.4) is 0 Å². The van der Waals surface area contributed by atoms with E-state index in [9.17, 15) is 18.0 Å². The molecule has 13 nitrogen and oxygen atoms in total. The van der Waals surface area contributed by atoms with Crippen molar-refractivity contribution in [3.8, 4) is 11.3 Å². The van der Waals surface area contributed by atoms with Crippen molar-refractivity contribution in [3.63, 3.8) is 0 Å². The first-order chi connectivity index (χ1) is 24.7. The number of aliphatic carboxylic acids is 1. The minimum absolute atomic E-state index is 0.102. The Morgan fingerprint density at radius 1 is 0.942 bits per heavy atom. The number of nitrogens with one attached hydrogen (secondary N) is 2. The van der Waals surface area contributed by atoms with Gasteiger partial charge in [0.25, 0.3) is 16.0 Å². The number of benzene rings is 2. The van der Waals surface area contributed by atoms with E-state index in [0.29, 0.717) is 23.5 Å². The molecular formula is C38H51N7O6S. The molecule has 280 valence electrons. The summed E-state index contributed by atoms with van der Waals surface area (Å²) in [6.45, 7) is 11.3. The van der Waals surface area contributed by atoms with Crippen molar-refractivity contribution in [1.29, 1.82) is 0 Å². The summed E-state index contributed by atoms with van der Waals surface area (Å²) in [5.74, 6) is -0.404. The number of carboxylic acid groups (broad SMARTS) is 1. The van der Waals surface area contributed by atoms with Crippen LogP contribution in [0.4, 0.5) is 17.3 Å².